The maximum Gasteiger partial charge on any atom is 0.269 e. The summed E-state index contributed by atoms with van der Waals surface area (Å²) in [6.07, 6.45) is 1.41. The lowest BCUT2D eigenvalue weighted by Gasteiger charge is -2.12. The van der Waals surface area contributed by atoms with Gasteiger partial charge in [0.15, 0.2) is 0 Å². The fourth-order valence-electron chi connectivity index (χ4n) is 1.91. The van der Waals surface area contributed by atoms with Crippen LogP contribution in [0.4, 0.5) is 5.69 Å². The Bertz CT molecular complexity index is 926. The molecule has 0 spiro atoms. The molecule has 0 saturated carbocycles. The number of hydrogen-bond acceptors (Lipinski definition) is 4. The SMILES string of the molecule is C=CCNS(=O)(=O)c1cccc(C(=O)NNc2c(Cl)cc(Cl)cc2Cl)c1. The Kier molecular flexibility index (Phi) is 6.91. The highest BCUT2D eigenvalue weighted by Crippen LogP contribution is 2.33. The molecule has 2 rings (SSSR count). The average Bonchev–Trinajstić information content (AvgIpc) is 2.59. The van der Waals surface area contributed by atoms with Crippen molar-refractivity contribution in [1.29, 1.82) is 0 Å². The minimum absolute atomic E-state index is 0.0467. The van der Waals surface area contributed by atoms with Crippen LogP contribution >= 0.6 is 34.8 Å². The predicted molar refractivity (Wildman–Crippen MR) is 104 cm³/mol. The van der Waals surface area contributed by atoms with E-state index in [0.29, 0.717) is 5.02 Å². The van der Waals surface area contributed by atoms with Crippen LogP contribution in [0.15, 0.2) is 53.9 Å². The van der Waals surface area contributed by atoms with E-state index in [0.717, 1.165) is 0 Å². The number of halogens is 3. The van der Waals surface area contributed by atoms with Gasteiger partial charge in [-0.2, -0.15) is 0 Å². The number of sulfonamides is 1. The Hall–Kier alpha value is -1.77. The maximum atomic E-state index is 12.3. The third kappa shape index (κ3) is 5.12. The van der Waals surface area contributed by atoms with Gasteiger partial charge in [-0.1, -0.05) is 46.9 Å². The molecule has 6 nitrogen and oxygen atoms in total. The molecule has 26 heavy (non-hydrogen) atoms. The van der Waals surface area contributed by atoms with E-state index in [2.05, 4.69) is 22.2 Å². The van der Waals surface area contributed by atoms with Gasteiger partial charge in [-0.25, -0.2) is 13.1 Å². The first kappa shape index (κ1) is 20.5. The summed E-state index contributed by atoms with van der Waals surface area (Å²) in [4.78, 5) is 12.2. The molecule has 0 saturated heterocycles. The summed E-state index contributed by atoms with van der Waals surface area (Å²) < 4.78 is 26.6. The van der Waals surface area contributed by atoms with Crippen LogP contribution in [-0.4, -0.2) is 20.9 Å². The normalized spacial score (nSPS) is 11.0. The molecule has 0 aliphatic carbocycles. The van der Waals surface area contributed by atoms with Crippen molar-refractivity contribution in [2.24, 2.45) is 0 Å². The summed E-state index contributed by atoms with van der Waals surface area (Å²) in [6.45, 7) is 3.52. The molecule has 0 heterocycles. The van der Waals surface area contributed by atoms with E-state index in [4.69, 9.17) is 34.8 Å². The molecule has 0 aliphatic heterocycles. The summed E-state index contributed by atoms with van der Waals surface area (Å²) >= 11 is 17.9. The van der Waals surface area contributed by atoms with Crippen molar-refractivity contribution >= 4 is 56.4 Å². The highest BCUT2D eigenvalue weighted by molar-refractivity contribution is 7.89. The Labute approximate surface area is 166 Å². The molecular weight excluding hydrogens is 421 g/mol. The molecule has 1 amide bonds. The molecule has 0 aliphatic rings. The van der Waals surface area contributed by atoms with E-state index >= 15 is 0 Å². The highest BCUT2D eigenvalue weighted by atomic mass is 35.5. The van der Waals surface area contributed by atoms with Crippen molar-refractivity contribution < 1.29 is 13.2 Å². The van der Waals surface area contributed by atoms with Crippen LogP contribution in [0.2, 0.25) is 15.1 Å². The van der Waals surface area contributed by atoms with Gasteiger partial charge < -0.3 is 0 Å². The van der Waals surface area contributed by atoms with Crippen LogP contribution in [0, 0.1) is 0 Å². The van der Waals surface area contributed by atoms with Crippen LogP contribution < -0.4 is 15.6 Å². The van der Waals surface area contributed by atoms with E-state index in [9.17, 15) is 13.2 Å². The van der Waals surface area contributed by atoms with Crippen LogP contribution in [0.1, 0.15) is 10.4 Å². The van der Waals surface area contributed by atoms with Crippen molar-refractivity contribution in [2.75, 3.05) is 12.0 Å². The number of hydrogen-bond donors (Lipinski definition) is 3. The summed E-state index contributed by atoms with van der Waals surface area (Å²) in [5, 5.41) is 0.780. The molecule has 2 aromatic rings. The number of benzene rings is 2. The maximum absolute atomic E-state index is 12.3. The summed E-state index contributed by atoms with van der Waals surface area (Å²) in [6, 6.07) is 8.47. The van der Waals surface area contributed by atoms with Gasteiger partial charge in [-0.05, 0) is 30.3 Å². The molecule has 0 unspecified atom stereocenters. The van der Waals surface area contributed by atoms with Crippen LogP contribution in [0.3, 0.4) is 0 Å². The first-order valence-electron chi connectivity index (χ1n) is 7.16. The molecule has 0 aromatic heterocycles. The Morgan fingerprint density at radius 1 is 1.12 bits per heavy atom. The van der Waals surface area contributed by atoms with Gasteiger partial charge in [0.1, 0.15) is 0 Å². The molecular formula is C16H14Cl3N3O3S. The van der Waals surface area contributed by atoms with Crippen molar-refractivity contribution in [3.8, 4) is 0 Å². The van der Waals surface area contributed by atoms with E-state index in [1.54, 1.807) is 0 Å². The molecule has 0 radical (unpaired) electrons. The largest absolute Gasteiger partial charge is 0.295 e. The molecule has 2 aromatic carbocycles. The van der Waals surface area contributed by atoms with Gasteiger partial charge in [0, 0.05) is 17.1 Å². The fraction of sp³-hybridized carbons (Fsp3) is 0.0625. The molecule has 10 heteroatoms. The third-order valence-corrected chi connectivity index (χ3v) is 5.37. The molecule has 0 atom stereocenters. The van der Waals surface area contributed by atoms with Gasteiger partial charge in [0.25, 0.3) is 5.91 Å². The number of carbonyl (C=O) groups is 1. The van der Waals surface area contributed by atoms with Gasteiger partial charge in [-0.3, -0.25) is 15.6 Å². The van der Waals surface area contributed by atoms with Gasteiger partial charge >= 0.3 is 0 Å². The van der Waals surface area contributed by atoms with E-state index in [1.807, 2.05) is 0 Å². The number of carbonyl (C=O) groups excluding carboxylic acids is 1. The quantitative estimate of drug-likeness (QED) is 0.456. The van der Waals surface area contributed by atoms with E-state index < -0.39 is 15.9 Å². The zero-order chi connectivity index (χ0) is 19.3. The van der Waals surface area contributed by atoms with Crippen molar-refractivity contribution in [1.82, 2.24) is 10.1 Å². The molecule has 0 bridgehead atoms. The average molecular weight is 435 g/mol. The summed E-state index contributed by atoms with van der Waals surface area (Å²) in [5.41, 5.74) is 5.40. The van der Waals surface area contributed by atoms with E-state index in [1.165, 1.54) is 42.5 Å². The van der Waals surface area contributed by atoms with Crippen molar-refractivity contribution in [2.45, 2.75) is 4.90 Å². The second-order valence-corrected chi connectivity index (χ2v) is 8.01. The van der Waals surface area contributed by atoms with Gasteiger partial charge in [0.05, 0.1) is 20.6 Å². The minimum atomic E-state index is -3.74. The van der Waals surface area contributed by atoms with Gasteiger partial charge in [0.2, 0.25) is 10.0 Å². The number of hydrazine groups is 1. The lowest BCUT2D eigenvalue weighted by Crippen LogP contribution is -2.30. The predicted octanol–water partition coefficient (Wildman–Crippen LogP) is 3.87. The first-order chi connectivity index (χ1) is 12.2. The monoisotopic (exact) mass is 433 g/mol. The number of anilines is 1. The fourth-order valence-corrected chi connectivity index (χ4v) is 3.86. The first-order valence-corrected chi connectivity index (χ1v) is 9.78. The topological polar surface area (TPSA) is 87.3 Å². The van der Waals surface area contributed by atoms with Crippen LogP contribution in [0.25, 0.3) is 0 Å². The second-order valence-electron chi connectivity index (χ2n) is 4.99. The zero-order valence-corrected chi connectivity index (χ0v) is 16.3. The van der Waals surface area contributed by atoms with Gasteiger partial charge in [-0.15, -0.1) is 6.58 Å². The lowest BCUT2D eigenvalue weighted by atomic mass is 10.2. The smallest absolute Gasteiger partial charge is 0.269 e. The highest BCUT2D eigenvalue weighted by Gasteiger charge is 2.16. The van der Waals surface area contributed by atoms with Crippen molar-refractivity contribution in [3.63, 3.8) is 0 Å². The third-order valence-electron chi connectivity index (χ3n) is 3.13. The minimum Gasteiger partial charge on any atom is -0.295 e. The Balaban J connectivity index is 2.16. The Morgan fingerprint density at radius 2 is 1.77 bits per heavy atom. The number of amides is 1. The second kappa shape index (κ2) is 8.75. The number of rotatable bonds is 7. The standard InChI is InChI=1S/C16H14Cl3N3O3S/c1-2-6-20-26(24,25)12-5-3-4-10(7-12)16(23)22-21-15-13(18)8-11(17)9-14(15)19/h2-5,7-9,20-21H,1,6H2,(H,22,23). The number of nitrogens with one attached hydrogen (secondary N) is 3. The summed E-state index contributed by atoms with van der Waals surface area (Å²) in [5.74, 6) is -0.576. The Morgan fingerprint density at radius 3 is 2.38 bits per heavy atom. The zero-order valence-electron chi connectivity index (χ0n) is 13.2. The lowest BCUT2D eigenvalue weighted by molar-refractivity contribution is 0.0962. The van der Waals surface area contributed by atoms with E-state index in [-0.39, 0.29) is 32.7 Å². The van der Waals surface area contributed by atoms with Crippen molar-refractivity contribution in [3.05, 3.63) is 69.7 Å². The summed E-state index contributed by atoms with van der Waals surface area (Å²) in [7, 11) is -3.74. The molecule has 0 fully saturated rings. The van der Waals surface area contributed by atoms with Crippen LogP contribution in [0.5, 0.6) is 0 Å². The molecule has 138 valence electrons. The molecule has 3 N–H and O–H groups in total. The van der Waals surface area contributed by atoms with Crippen LogP contribution in [-0.2, 0) is 10.0 Å².